The van der Waals surface area contributed by atoms with E-state index >= 15 is 0 Å². The molecule has 0 bridgehead atoms. The Hall–Kier alpha value is -2.77. The van der Waals surface area contributed by atoms with E-state index in [0.717, 1.165) is 25.8 Å². The van der Waals surface area contributed by atoms with E-state index in [9.17, 15) is 14.4 Å². The Morgan fingerprint density at radius 1 is 1.07 bits per heavy atom. The predicted molar refractivity (Wildman–Crippen MR) is 103 cm³/mol. The molecule has 2 amide bonds. The first-order valence-corrected chi connectivity index (χ1v) is 10.2. The van der Waals surface area contributed by atoms with Crippen LogP contribution in [0.15, 0.2) is 18.2 Å². The zero-order valence-corrected chi connectivity index (χ0v) is 16.4. The van der Waals surface area contributed by atoms with Gasteiger partial charge in [0.25, 0.3) is 11.8 Å². The molecule has 1 aromatic carbocycles. The van der Waals surface area contributed by atoms with Gasteiger partial charge in [-0.2, -0.15) is 0 Å². The minimum atomic E-state index is -0.635. The molecule has 8 nitrogen and oxygen atoms in total. The van der Waals surface area contributed by atoms with Gasteiger partial charge in [0.2, 0.25) is 6.79 Å². The van der Waals surface area contributed by atoms with Gasteiger partial charge in [0.05, 0.1) is 0 Å². The Morgan fingerprint density at radius 3 is 2.76 bits per heavy atom. The molecule has 1 aliphatic carbocycles. The van der Waals surface area contributed by atoms with Crippen molar-refractivity contribution in [2.24, 2.45) is 5.92 Å². The van der Waals surface area contributed by atoms with E-state index in [1.807, 2.05) is 4.90 Å². The van der Waals surface area contributed by atoms with Crippen LogP contribution < -0.4 is 14.8 Å². The van der Waals surface area contributed by atoms with Crippen molar-refractivity contribution >= 4 is 17.8 Å². The van der Waals surface area contributed by atoms with Crippen LogP contribution in [0.1, 0.15) is 48.9 Å². The molecule has 0 unspecified atom stereocenters. The number of amides is 2. The average Bonchev–Trinajstić information content (AvgIpc) is 3.23. The minimum absolute atomic E-state index is 0.124. The van der Waals surface area contributed by atoms with E-state index in [1.54, 1.807) is 18.2 Å². The SMILES string of the molecule is O=C(CNC(=O)c1ccc2c(c1)OCO2)OCC(=O)N1CCC[C@H]2CCCC[C@H]21. The van der Waals surface area contributed by atoms with Crippen molar-refractivity contribution in [1.29, 1.82) is 0 Å². The van der Waals surface area contributed by atoms with Crippen molar-refractivity contribution < 1.29 is 28.6 Å². The number of piperidine rings is 1. The summed E-state index contributed by atoms with van der Waals surface area (Å²) in [5.74, 6) is 0.457. The van der Waals surface area contributed by atoms with Crippen LogP contribution in [0, 0.1) is 5.92 Å². The average molecular weight is 402 g/mol. The van der Waals surface area contributed by atoms with E-state index < -0.39 is 11.9 Å². The fourth-order valence-corrected chi connectivity index (χ4v) is 4.50. The van der Waals surface area contributed by atoms with Crippen LogP contribution in [0.2, 0.25) is 0 Å². The molecule has 8 heteroatoms. The highest BCUT2D eigenvalue weighted by Gasteiger charge is 2.35. The van der Waals surface area contributed by atoms with Crippen molar-refractivity contribution in [3.63, 3.8) is 0 Å². The molecule has 1 saturated carbocycles. The summed E-state index contributed by atoms with van der Waals surface area (Å²) in [6, 6.07) is 5.08. The number of benzene rings is 1. The molecule has 156 valence electrons. The quantitative estimate of drug-likeness (QED) is 0.756. The van der Waals surface area contributed by atoms with E-state index in [2.05, 4.69) is 5.32 Å². The summed E-state index contributed by atoms with van der Waals surface area (Å²) >= 11 is 0. The summed E-state index contributed by atoms with van der Waals surface area (Å²) < 4.78 is 15.6. The third kappa shape index (κ3) is 4.46. The second-order valence-electron chi connectivity index (χ2n) is 7.75. The zero-order valence-electron chi connectivity index (χ0n) is 16.4. The molecule has 0 radical (unpaired) electrons. The van der Waals surface area contributed by atoms with Crippen LogP contribution >= 0.6 is 0 Å². The Kier molecular flexibility index (Phi) is 5.87. The molecule has 2 aliphatic heterocycles. The minimum Gasteiger partial charge on any atom is -0.454 e. The highest BCUT2D eigenvalue weighted by molar-refractivity contribution is 5.96. The molecule has 2 atom stereocenters. The van der Waals surface area contributed by atoms with E-state index in [4.69, 9.17) is 14.2 Å². The van der Waals surface area contributed by atoms with Crippen molar-refractivity contribution in [2.45, 2.75) is 44.6 Å². The van der Waals surface area contributed by atoms with Gasteiger partial charge >= 0.3 is 5.97 Å². The number of fused-ring (bicyclic) bond motifs is 2. The number of carbonyl (C=O) groups is 3. The van der Waals surface area contributed by atoms with Crippen LogP contribution in [0.25, 0.3) is 0 Å². The standard InChI is InChI=1S/C21H26N2O6/c24-19(23-9-3-5-14-4-1-2-6-16(14)23)12-27-20(25)11-22-21(26)15-7-8-17-18(10-15)29-13-28-17/h7-8,10,14,16H,1-6,9,11-13H2,(H,22,26)/t14-,16-/m1/s1. The van der Waals surface area contributed by atoms with Gasteiger partial charge in [-0.1, -0.05) is 12.8 Å². The lowest BCUT2D eigenvalue weighted by Gasteiger charge is -2.44. The zero-order chi connectivity index (χ0) is 20.2. The molecule has 3 aliphatic rings. The van der Waals surface area contributed by atoms with E-state index in [0.29, 0.717) is 23.0 Å². The first-order valence-electron chi connectivity index (χ1n) is 10.2. The maximum absolute atomic E-state index is 12.6. The summed E-state index contributed by atoms with van der Waals surface area (Å²) in [5.41, 5.74) is 0.356. The van der Waals surface area contributed by atoms with Gasteiger partial charge in [-0.05, 0) is 49.8 Å². The highest BCUT2D eigenvalue weighted by Crippen LogP contribution is 2.35. The number of hydrogen-bond acceptors (Lipinski definition) is 6. The smallest absolute Gasteiger partial charge is 0.325 e. The number of likely N-dealkylation sites (tertiary alicyclic amines) is 1. The van der Waals surface area contributed by atoms with Gasteiger partial charge in [0.15, 0.2) is 18.1 Å². The molecule has 2 fully saturated rings. The second kappa shape index (κ2) is 8.71. The van der Waals surface area contributed by atoms with Crippen molar-refractivity contribution in [1.82, 2.24) is 10.2 Å². The molecular formula is C21H26N2O6. The van der Waals surface area contributed by atoms with Gasteiger partial charge in [0, 0.05) is 18.2 Å². The fourth-order valence-electron chi connectivity index (χ4n) is 4.50. The third-order valence-electron chi connectivity index (χ3n) is 5.95. The van der Waals surface area contributed by atoms with Gasteiger partial charge < -0.3 is 24.4 Å². The molecule has 0 spiro atoms. The largest absolute Gasteiger partial charge is 0.454 e. The molecule has 4 rings (SSSR count). The predicted octanol–water partition coefficient (Wildman–Crippen LogP) is 1.87. The van der Waals surface area contributed by atoms with Gasteiger partial charge in [-0.15, -0.1) is 0 Å². The summed E-state index contributed by atoms with van der Waals surface area (Å²) in [6.07, 6.45) is 6.79. The maximum Gasteiger partial charge on any atom is 0.325 e. The number of nitrogens with one attached hydrogen (secondary N) is 1. The normalized spacial score (nSPS) is 22.6. The first-order chi connectivity index (χ1) is 14.1. The first kappa shape index (κ1) is 19.5. The molecule has 0 aromatic heterocycles. The number of nitrogens with zero attached hydrogens (tertiary/aromatic N) is 1. The Labute approximate surface area is 169 Å². The number of carbonyl (C=O) groups excluding carboxylic acids is 3. The lowest BCUT2D eigenvalue weighted by Crippen LogP contribution is -2.51. The van der Waals surface area contributed by atoms with E-state index in [1.165, 1.54) is 19.3 Å². The molecule has 1 saturated heterocycles. The molecule has 29 heavy (non-hydrogen) atoms. The third-order valence-corrected chi connectivity index (χ3v) is 5.95. The van der Waals surface area contributed by atoms with Crippen molar-refractivity contribution in [2.75, 3.05) is 26.5 Å². The summed E-state index contributed by atoms with van der Waals surface area (Å²) in [6.45, 7) is 0.284. The van der Waals surface area contributed by atoms with Crippen LogP contribution in [-0.2, 0) is 14.3 Å². The Balaban J connectivity index is 1.22. The number of ether oxygens (including phenoxy) is 3. The van der Waals surface area contributed by atoms with Crippen molar-refractivity contribution in [3.8, 4) is 11.5 Å². The maximum atomic E-state index is 12.6. The number of rotatable bonds is 5. The Morgan fingerprint density at radius 2 is 1.86 bits per heavy atom. The summed E-state index contributed by atoms with van der Waals surface area (Å²) in [5, 5.41) is 2.50. The number of hydrogen-bond donors (Lipinski definition) is 1. The van der Waals surface area contributed by atoms with Gasteiger partial charge in [-0.3, -0.25) is 14.4 Å². The lowest BCUT2D eigenvalue weighted by atomic mass is 9.78. The summed E-state index contributed by atoms with van der Waals surface area (Å²) in [7, 11) is 0. The highest BCUT2D eigenvalue weighted by atomic mass is 16.7. The van der Waals surface area contributed by atoms with E-state index in [-0.39, 0.29) is 31.9 Å². The van der Waals surface area contributed by atoms with Crippen LogP contribution in [0.3, 0.4) is 0 Å². The summed E-state index contributed by atoms with van der Waals surface area (Å²) in [4.78, 5) is 38.6. The van der Waals surface area contributed by atoms with Crippen LogP contribution in [-0.4, -0.2) is 55.2 Å². The lowest BCUT2D eigenvalue weighted by molar-refractivity contribution is -0.154. The molecule has 1 N–H and O–H groups in total. The van der Waals surface area contributed by atoms with Gasteiger partial charge in [-0.25, -0.2) is 0 Å². The van der Waals surface area contributed by atoms with Gasteiger partial charge in [0.1, 0.15) is 6.54 Å². The van der Waals surface area contributed by atoms with Crippen molar-refractivity contribution in [3.05, 3.63) is 23.8 Å². The second-order valence-corrected chi connectivity index (χ2v) is 7.75. The molecule has 2 heterocycles. The molecular weight excluding hydrogens is 376 g/mol. The fraction of sp³-hybridized carbons (Fsp3) is 0.571. The van der Waals surface area contributed by atoms with Crippen LogP contribution in [0.5, 0.6) is 11.5 Å². The van der Waals surface area contributed by atoms with Crippen LogP contribution in [0.4, 0.5) is 0 Å². The number of esters is 1. The Bertz CT molecular complexity index is 793. The molecule has 1 aromatic rings. The monoisotopic (exact) mass is 402 g/mol. The topological polar surface area (TPSA) is 94.2 Å².